The van der Waals surface area contributed by atoms with Gasteiger partial charge in [0.25, 0.3) is 5.69 Å². The molecule has 4 aliphatic rings. The zero-order valence-corrected chi connectivity index (χ0v) is 16.5. The van der Waals surface area contributed by atoms with E-state index in [4.69, 9.17) is 4.74 Å². The number of rotatable bonds is 6. The van der Waals surface area contributed by atoms with Gasteiger partial charge >= 0.3 is 5.97 Å². The lowest BCUT2D eigenvalue weighted by Gasteiger charge is -2.60. The van der Waals surface area contributed by atoms with E-state index >= 15 is 0 Å². The Morgan fingerprint density at radius 3 is 2.30 bits per heavy atom. The molecular weight excluding hydrogens is 368 g/mol. The molecule has 4 bridgehead atoms. The highest BCUT2D eigenvalue weighted by atomic mass is 35.5. The highest BCUT2D eigenvalue weighted by molar-refractivity contribution is 5.93. The highest BCUT2D eigenvalue weighted by Gasteiger charge is 2.52. The van der Waals surface area contributed by atoms with Crippen LogP contribution in [0.25, 0.3) is 0 Å². The molecule has 27 heavy (non-hydrogen) atoms. The van der Waals surface area contributed by atoms with Crippen LogP contribution < -0.4 is 0 Å². The van der Waals surface area contributed by atoms with E-state index in [1.54, 1.807) is 12.1 Å². The number of esters is 1. The molecule has 0 unspecified atom stereocenters. The second-order valence-corrected chi connectivity index (χ2v) is 8.47. The number of nitro benzene ring substituents is 1. The average Bonchev–Trinajstić information content (AvgIpc) is 2.60. The van der Waals surface area contributed by atoms with E-state index in [1.165, 1.54) is 50.7 Å². The summed E-state index contributed by atoms with van der Waals surface area (Å²) in [6.07, 6.45) is 8.02. The van der Waals surface area contributed by atoms with Gasteiger partial charge in [0.05, 0.1) is 4.92 Å². The van der Waals surface area contributed by atoms with Crippen LogP contribution in [0.4, 0.5) is 5.69 Å². The van der Waals surface area contributed by atoms with E-state index in [-0.39, 0.29) is 35.8 Å². The number of carbonyl (C=O) groups excluding carboxylic acids is 1. The maximum atomic E-state index is 12.3. The van der Waals surface area contributed by atoms with Gasteiger partial charge in [0.15, 0.2) is 0 Å². The minimum absolute atomic E-state index is 0. The molecule has 0 spiro atoms. The smallest absolute Gasteiger partial charge is 0.345 e. The minimum Gasteiger partial charge on any atom is -0.461 e. The Hall–Kier alpha value is -1.66. The first-order valence-corrected chi connectivity index (χ1v) is 9.58. The number of benzene rings is 1. The zero-order chi connectivity index (χ0) is 18.3. The number of nitrogens with zero attached hydrogens (tertiary/aromatic N) is 2. The second-order valence-electron chi connectivity index (χ2n) is 8.47. The third kappa shape index (κ3) is 3.83. The Labute approximate surface area is 165 Å². The van der Waals surface area contributed by atoms with Crippen molar-refractivity contribution in [2.45, 2.75) is 44.1 Å². The summed E-state index contributed by atoms with van der Waals surface area (Å²) in [7, 11) is 2.14. The van der Waals surface area contributed by atoms with Crippen LogP contribution in [0.15, 0.2) is 24.3 Å². The van der Waals surface area contributed by atoms with Crippen LogP contribution in [0.3, 0.4) is 0 Å². The number of nitro groups is 1. The third-order valence-electron chi connectivity index (χ3n) is 6.80. The fourth-order valence-corrected chi connectivity index (χ4v) is 5.93. The lowest BCUT2D eigenvalue weighted by molar-refractivity contribution is -0.385. The fraction of sp³-hybridized carbons (Fsp3) is 0.650. The monoisotopic (exact) mass is 394 g/mol. The lowest BCUT2D eigenvalue weighted by atomic mass is 9.52. The molecule has 4 saturated carbocycles. The second kappa shape index (κ2) is 7.76. The largest absolute Gasteiger partial charge is 0.461 e. The van der Waals surface area contributed by atoms with Crippen LogP contribution in [0.5, 0.6) is 0 Å². The Balaban J connectivity index is 0.00000210. The maximum absolute atomic E-state index is 12.3. The van der Waals surface area contributed by atoms with Gasteiger partial charge in [-0.15, -0.1) is 12.4 Å². The molecule has 0 amide bonds. The molecule has 0 aliphatic heterocycles. The summed E-state index contributed by atoms with van der Waals surface area (Å²) in [4.78, 5) is 25.2. The van der Waals surface area contributed by atoms with Crippen molar-refractivity contribution in [3.05, 3.63) is 39.9 Å². The lowest BCUT2D eigenvalue weighted by Crippen LogP contribution is -2.59. The average molecular weight is 395 g/mol. The number of halogens is 1. The first-order valence-electron chi connectivity index (χ1n) is 9.58. The SMILES string of the molecule is CN(CCOC(=O)c1ccccc1[N+](=O)[O-])C12CC3CC(CC(C3)C1)C2.Cl. The van der Waals surface area contributed by atoms with Gasteiger partial charge in [0.2, 0.25) is 0 Å². The van der Waals surface area contributed by atoms with Crippen molar-refractivity contribution < 1.29 is 14.5 Å². The van der Waals surface area contributed by atoms with Crippen LogP contribution in [0.2, 0.25) is 0 Å². The molecule has 0 radical (unpaired) electrons. The molecule has 0 heterocycles. The van der Waals surface area contributed by atoms with Gasteiger partial charge in [0, 0.05) is 18.2 Å². The summed E-state index contributed by atoms with van der Waals surface area (Å²) >= 11 is 0. The van der Waals surface area contributed by atoms with Crippen molar-refractivity contribution in [2.75, 3.05) is 20.2 Å². The van der Waals surface area contributed by atoms with Gasteiger partial charge in [-0.1, -0.05) is 12.1 Å². The fourth-order valence-electron chi connectivity index (χ4n) is 5.93. The van der Waals surface area contributed by atoms with E-state index < -0.39 is 10.9 Å². The van der Waals surface area contributed by atoms with Crippen molar-refractivity contribution in [1.82, 2.24) is 4.90 Å². The molecule has 6 nitrogen and oxygen atoms in total. The summed E-state index contributed by atoms with van der Waals surface area (Å²) in [5.74, 6) is 2.01. The Morgan fingerprint density at radius 1 is 1.19 bits per heavy atom. The van der Waals surface area contributed by atoms with Crippen molar-refractivity contribution >= 4 is 24.1 Å². The number of carbonyl (C=O) groups is 1. The van der Waals surface area contributed by atoms with E-state index in [0.29, 0.717) is 6.54 Å². The van der Waals surface area contributed by atoms with Gasteiger partial charge in [-0.2, -0.15) is 0 Å². The van der Waals surface area contributed by atoms with E-state index in [2.05, 4.69) is 11.9 Å². The standard InChI is InChI=1S/C20H26N2O4.ClH/c1-21(20-11-14-8-15(12-20)10-16(9-14)13-20)6-7-26-19(23)17-4-2-3-5-18(17)22(24)25;/h2-5,14-16H,6-13H2,1H3;1H. The van der Waals surface area contributed by atoms with Crippen LogP contribution >= 0.6 is 12.4 Å². The first kappa shape index (κ1) is 20.1. The third-order valence-corrected chi connectivity index (χ3v) is 6.80. The van der Waals surface area contributed by atoms with Gasteiger partial charge in [-0.25, -0.2) is 4.79 Å². The predicted octanol–water partition coefficient (Wildman–Crippen LogP) is 4.07. The molecule has 4 fully saturated rings. The Bertz CT molecular complexity index is 688. The highest BCUT2D eigenvalue weighted by Crippen LogP contribution is 2.57. The number of likely N-dealkylation sites (N-methyl/N-ethyl adjacent to an activating group) is 1. The molecule has 0 aromatic heterocycles. The minimum atomic E-state index is -0.615. The van der Waals surface area contributed by atoms with E-state index in [1.807, 2.05) is 0 Å². The van der Waals surface area contributed by atoms with Crippen molar-refractivity contribution in [2.24, 2.45) is 17.8 Å². The quantitative estimate of drug-likeness (QED) is 0.413. The topological polar surface area (TPSA) is 72.7 Å². The van der Waals surface area contributed by atoms with Gasteiger partial charge < -0.3 is 4.74 Å². The summed E-state index contributed by atoms with van der Waals surface area (Å²) in [5, 5.41) is 11.1. The van der Waals surface area contributed by atoms with Crippen LogP contribution in [-0.2, 0) is 4.74 Å². The molecule has 0 atom stereocenters. The molecule has 1 aromatic rings. The van der Waals surface area contributed by atoms with Crippen LogP contribution in [0, 0.1) is 27.9 Å². The molecule has 0 saturated heterocycles. The van der Waals surface area contributed by atoms with Crippen molar-refractivity contribution in [1.29, 1.82) is 0 Å². The van der Waals surface area contributed by atoms with Crippen molar-refractivity contribution in [3.63, 3.8) is 0 Å². The number of para-hydroxylation sites is 1. The summed E-state index contributed by atoms with van der Waals surface area (Å²) in [6.45, 7) is 0.946. The van der Waals surface area contributed by atoms with E-state index in [0.717, 1.165) is 17.8 Å². The molecule has 7 heteroatoms. The van der Waals surface area contributed by atoms with Crippen LogP contribution in [-0.4, -0.2) is 41.5 Å². The number of ether oxygens (including phenoxy) is 1. The molecule has 1 aromatic carbocycles. The predicted molar refractivity (Wildman–Crippen MR) is 104 cm³/mol. The maximum Gasteiger partial charge on any atom is 0.345 e. The van der Waals surface area contributed by atoms with Gasteiger partial charge in [-0.3, -0.25) is 15.0 Å². The van der Waals surface area contributed by atoms with Gasteiger partial charge in [-0.05, 0) is 69.4 Å². The summed E-state index contributed by atoms with van der Waals surface area (Å²) in [6, 6.07) is 5.95. The summed E-state index contributed by atoms with van der Waals surface area (Å²) < 4.78 is 5.37. The molecular formula is C20H27ClN2O4. The summed E-state index contributed by atoms with van der Waals surface area (Å²) in [5.41, 5.74) is 0.0989. The van der Waals surface area contributed by atoms with Crippen molar-refractivity contribution in [3.8, 4) is 0 Å². The molecule has 4 aliphatic carbocycles. The van der Waals surface area contributed by atoms with Crippen LogP contribution in [0.1, 0.15) is 48.9 Å². The Morgan fingerprint density at radius 2 is 1.74 bits per heavy atom. The molecule has 148 valence electrons. The molecule has 5 rings (SSSR count). The van der Waals surface area contributed by atoms with Gasteiger partial charge in [0.1, 0.15) is 12.2 Å². The normalized spacial score (nSPS) is 30.8. The molecule has 0 N–H and O–H groups in total. The first-order chi connectivity index (χ1) is 12.5. The zero-order valence-electron chi connectivity index (χ0n) is 15.6. The van der Waals surface area contributed by atoms with E-state index in [9.17, 15) is 14.9 Å². The number of hydrogen-bond donors (Lipinski definition) is 0. The number of hydrogen-bond acceptors (Lipinski definition) is 5. The Kier molecular flexibility index (Phi) is 5.77.